The monoisotopic (exact) mass is 264 g/mol. The maximum atomic E-state index is 11.2. The Morgan fingerprint density at radius 3 is 1.85 bits per heavy atom. The fourth-order valence-corrected chi connectivity index (χ4v) is 2.05. The zero-order chi connectivity index (χ0) is 14.4. The van der Waals surface area contributed by atoms with Gasteiger partial charge in [0, 0.05) is 0 Å². The lowest BCUT2D eigenvalue weighted by Crippen LogP contribution is -2.24. The van der Waals surface area contributed by atoms with Gasteiger partial charge in [0.25, 0.3) is 0 Å². The fourth-order valence-electron chi connectivity index (χ4n) is 2.05. The minimum Gasteiger partial charge on any atom is -0.376 e. The van der Waals surface area contributed by atoms with E-state index in [1.54, 1.807) is 6.08 Å². The first-order valence-corrected chi connectivity index (χ1v) is 6.93. The summed E-state index contributed by atoms with van der Waals surface area (Å²) >= 11 is 0. The van der Waals surface area contributed by atoms with E-state index >= 15 is 0 Å². The van der Waals surface area contributed by atoms with Crippen LogP contribution in [0.15, 0.2) is 78.0 Å². The fraction of sp³-hybridized carbons (Fsp3) is 0.211. The van der Waals surface area contributed by atoms with Gasteiger partial charge in [-0.05, 0) is 36.1 Å². The van der Waals surface area contributed by atoms with Crippen molar-refractivity contribution >= 4 is 0 Å². The minimum atomic E-state index is -1.14. The molecule has 1 heteroatoms. The predicted molar refractivity (Wildman–Crippen MR) is 83.4 cm³/mol. The van der Waals surface area contributed by atoms with Crippen LogP contribution in [0.25, 0.3) is 0 Å². The minimum absolute atomic E-state index is 0.850. The lowest BCUT2D eigenvalue weighted by atomic mass is 9.86. The van der Waals surface area contributed by atoms with Gasteiger partial charge in [0.05, 0.1) is 0 Å². The molecule has 0 aliphatic heterocycles. The molecule has 102 valence electrons. The molecular formula is C19H20O. The summed E-state index contributed by atoms with van der Waals surface area (Å²) in [6.45, 7) is 4.10. The van der Waals surface area contributed by atoms with Crippen LogP contribution < -0.4 is 0 Å². The molecule has 0 saturated heterocycles. The van der Waals surface area contributed by atoms with Crippen molar-refractivity contribution in [2.24, 2.45) is 0 Å². The van der Waals surface area contributed by atoms with E-state index in [2.05, 4.69) is 12.7 Å². The highest BCUT2D eigenvalue weighted by atomic mass is 16.3. The first-order valence-electron chi connectivity index (χ1n) is 6.93. The second kappa shape index (κ2) is 6.38. The standard InChI is InChI=1S/C19H20O/c1-3-16(2)14-15-19(20,17-10-6-4-7-11-17)18-12-8-5-9-13-18/h4-13,15,20H,3H2,1-2H3. The molecule has 0 radical (unpaired) electrons. The predicted octanol–water partition coefficient (Wildman–Crippen LogP) is 4.43. The van der Waals surface area contributed by atoms with Gasteiger partial charge in [-0.15, -0.1) is 5.73 Å². The second-order valence-corrected chi connectivity index (χ2v) is 4.92. The molecule has 2 aromatic rings. The van der Waals surface area contributed by atoms with Gasteiger partial charge in [-0.3, -0.25) is 0 Å². The van der Waals surface area contributed by atoms with Crippen LogP contribution in [0, 0.1) is 0 Å². The second-order valence-electron chi connectivity index (χ2n) is 4.92. The Kier molecular flexibility index (Phi) is 4.57. The molecule has 0 aliphatic rings. The summed E-state index contributed by atoms with van der Waals surface area (Å²) in [4.78, 5) is 0. The number of benzene rings is 2. The van der Waals surface area contributed by atoms with Crippen molar-refractivity contribution in [1.29, 1.82) is 0 Å². The molecule has 0 aromatic heterocycles. The van der Waals surface area contributed by atoms with E-state index in [0.717, 1.165) is 23.1 Å². The molecule has 0 atom stereocenters. The highest BCUT2D eigenvalue weighted by Gasteiger charge is 2.28. The van der Waals surface area contributed by atoms with Crippen LogP contribution >= 0.6 is 0 Å². The Balaban J connectivity index is 2.58. The molecule has 0 saturated carbocycles. The van der Waals surface area contributed by atoms with Crippen molar-refractivity contribution < 1.29 is 5.11 Å². The molecule has 0 fully saturated rings. The molecule has 20 heavy (non-hydrogen) atoms. The summed E-state index contributed by atoms with van der Waals surface area (Å²) in [5, 5.41) is 11.2. The summed E-state index contributed by atoms with van der Waals surface area (Å²) in [6.07, 6.45) is 2.69. The SMILES string of the molecule is CCC(C)=C=CC(O)(c1ccccc1)c1ccccc1. The Morgan fingerprint density at radius 2 is 1.45 bits per heavy atom. The van der Waals surface area contributed by atoms with Crippen molar-refractivity contribution in [3.05, 3.63) is 89.2 Å². The largest absolute Gasteiger partial charge is 0.376 e. The zero-order valence-electron chi connectivity index (χ0n) is 12.0. The summed E-state index contributed by atoms with van der Waals surface area (Å²) in [6, 6.07) is 19.4. The molecule has 0 amide bonds. The quantitative estimate of drug-likeness (QED) is 0.810. The van der Waals surface area contributed by atoms with Crippen LogP contribution in [0.1, 0.15) is 31.4 Å². The lowest BCUT2D eigenvalue weighted by Gasteiger charge is -2.25. The zero-order valence-corrected chi connectivity index (χ0v) is 12.0. The molecule has 2 rings (SSSR count). The van der Waals surface area contributed by atoms with Crippen LogP contribution in [-0.2, 0) is 5.60 Å². The van der Waals surface area contributed by atoms with E-state index in [1.807, 2.05) is 67.6 Å². The average Bonchev–Trinajstić information content (AvgIpc) is 2.54. The van der Waals surface area contributed by atoms with E-state index in [9.17, 15) is 5.11 Å². The summed E-state index contributed by atoms with van der Waals surface area (Å²) in [5.74, 6) is 0. The summed E-state index contributed by atoms with van der Waals surface area (Å²) in [5.41, 5.74) is 4.89. The van der Waals surface area contributed by atoms with Gasteiger partial charge in [0.15, 0.2) is 0 Å². The van der Waals surface area contributed by atoms with E-state index < -0.39 is 5.60 Å². The van der Waals surface area contributed by atoms with Gasteiger partial charge >= 0.3 is 0 Å². The van der Waals surface area contributed by atoms with Crippen LogP contribution in [0.3, 0.4) is 0 Å². The van der Waals surface area contributed by atoms with Crippen molar-refractivity contribution in [2.45, 2.75) is 25.9 Å². The average molecular weight is 264 g/mol. The maximum Gasteiger partial charge on any atom is 0.141 e. The number of rotatable bonds is 4. The van der Waals surface area contributed by atoms with Crippen molar-refractivity contribution in [3.63, 3.8) is 0 Å². The number of aliphatic hydroxyl groups is 1. The van der Waals surface area contributed by atoms with E-state index in [1.165, 1.54) is 0 Å². The number of hydrogen-bond donors (Lipinski definition) is 1. The molecule has 1 N–H and O–H groups in total. The van der Waals surface area contributed by atoms with Crippen LogP contribution in [0.4, 0.5) is 0 Å². The normalized spacial score (nSPS) is 10.8. The molecule has 0 spiro atoms. The highest BCUT2D eigenvalue weighted by molar-refractivity contribution is 5.40. The Bertz CT molecular complexity index is 565. The summed E-state index contributed by atoms with van der Waals surface area (Å²) in [7, 11) is 0. The summed E-state index contributed by atoms with van der Waals surface area (Å²) < 4.78 is 0. The van der Waals surface area contributed by atoms with Crippen LogP contribution in [-0.4, -0.2) is 5.11 Å². The lowest BCUT2D eigenvalue weighted by molar-refractivity contribution is 0.134. The number of hydrogen-bond acceptors (Lipinski definition) is 1. The topological polar surface area (TPSA) is 20.2 Å². The van der Waals surface area contributed by atoms with Gasteiger partial charge in [-0.2, -0.15) is 0 Å². The molecule has 1 nitrogen and oxygen atoms in total. The Hall–Kier alpha value is -2.08. The maximum absolute atomic E-state index is 11.2. The molecule has 0 aliphatic carbocycles. The Morgan fingerprint density at radius 1 is 1.00 bits per heavy atom. The van der Waals surface area contributed by atoms with Crippen LogP contribution in [0.2, 0.25) is 0 Å². The van der Waals surface area contributed by atoms with Crippen molar-refractivity contribution in [3.8, 4) is 0 Å². The van der Waals surface area contributed by atoms with E-state index in [0.29, 0.717) is 0 Å². The van der Waals surface area contributed by atoms with Crippen molar-refractivity contribution in [1.82, 2.24) is 0 Å². The first kappa shape index (κ1) is 14.3. The van der Waals surface area contributed by atoms with E-state index in [4.69, 9.17) is 0 Å². The van der Waals surface area contributed by atoms with Gasteiger partial charge in [-0.1, -0.05) is 67.6 Å². The third-order valence-electron chi connectivity index (χ3n) is 3.49. The van der Waals surface area contributed by atoms with Gasteiger partial charge < -0.3 is 5.11 Å². The molecule has 0 unspecified atom stereocenters. The molecule has 2 aromatic carbocycles. The molecule has 0 bridgehead atoms. The van der Waals surface area contributed by atoms with Gasteiger partial charge in [0.2, 0.25) is 0 Å². The van der Waals surface area contributed by atoms with E-state index in [-0.39, 0.29) is 0 Å². The van der Waals surface area contributed by atoms with Crippen LogP contribution in [0.5, 0.6) is 0 Å². The smallest absolute Gasteiger partial charge is 0.141 e. The van der Waals surface area contributed by atoms with Crippen molar-refractivity contribution in [2.75, 3.05) is 0 Å². The van der Waals surface area contributed by atoms with Gasteiger partial charge in [0.1, 0.15) is 5.60 Å². The molecule has 0 heterocycles. The van der Waals surface area contributed by atoms with Gasteiger partial charge in [-0.25, -0.2) is 0 Å². The highest BCUT2D eigenvalue weighted by Crippen LogP contribution is 2.30. The Labute approximate surface area is 120 Å². The third kappa shape index (κ3) is 3.08. The third-order valence-corrected chi connectivity index (χ3v) is 3.49. The molecular weight excluding hydrogens is 244 g/mol. The first-order chi connectivity index (χ1) is 9.66.